The highest BCUT2D eigenvalue weighted by atomic mass is 32.1. The number of aromatic nitrogens is 3. The number of rotatable bonds is 5. The predicted octanol–water partition coefficient (Wildman–Crippen LogP) is 1.53. The van der Waals surface area contributed by atoms with Gasteiger partial charge < -0.3 is 9.88 Å². The van der Waals surface area contributed by atoms with Gasteiger partial charge in [-0.3, -0.25) is 9.69 Å². The fraction of sp³-hybridized carbons (Fsp3) is 0.533. The van der Waals surface area contributed by atoms with Gasteiger partial charge in [0.2, 0.25) is 0 Å². The molecule has 0 unspecified atom stereocenters. The molecule has 1 fully saturated rings. The van der Waals surface area contributed by atoms with Crippen LogP contribution in [0, 0.1) is 6.92 Å². The van der Waals surface area contributed by atoms with Crippen molar-refractivity contribution in [3.8, 4) is 0 Å². The van der Waals surface area contributed by atoms with E-state index in [9.17, 15) is 9.18 Å². The van der Waals surface area contributed by atoms with Crippen molar-refractivity contribution in [2.75, 3.05) is 13.1 Å². The summed E-state index contributed by atoms with van der Waals surface area (Å²) in [4.78, 5) is 18.5. The number of amides is 1. The topological polar surface area (TPSA) is 63.1 Å². The summed E-state index contributed by atoms with van der Waals surface area (Å²) in [6, 6.07) is -0.0162. The first-order valence-corrected chi connectivity index (χ1v) is 8.41. The maximum Gasteiger partial charge on any atom is 0.254 e. The minimum Gasteiger partial charge on any atom is -0.350 e. The second kappa shape index (κ2) is 6.76. The lowest BCUT2D eigenvalue weighted by Crippen LogP contribution is -2.40. The summed E-state index contributed by atoms with van der Waals surface area (Å²) < 4.78 is 19.9. The van der Waals surface area contributed by atoms with Crippen molar-refractivity contribution in [1.82, 2.24) is 24.1 Å². The number of aryl methyl sites for hydroxylation is 2. The highest BCUT2D eigenvalue weighted by Crippen LogP contribution is 2.22. The van der Waals surface area contributed by atoms with Crippen LogP contribution in [0.5, 0.6) is 0 Å². The van der Waals surface area contributed by atoms with E-state index < -0.39 is 6.17 Å². The van der Waals surface area contributed by atoms with Crippen LogP contribution in [0.3, 0.4) is 0 Å². The first kappa shape index (κ1) is 16.1. The molecule has 0 aliphatic carbocycles. The van der Waals surface area contributed by atoms with E-state index in [0.29, 0.717) is 31.6 Å². The molecule has 1 aliphatic rings. The van der Waals surface area contributed by atoms with E-state index in [1.807, 2.05) is 29.6 Å². The summed E-state index contributed by atoms with van der Waals surface area (Å²) in [7, 11) is 1.93. The van der Waals surface area contributed by atoms with Crippen LogP contribution in [0.2, 0.25) is 0 Å². The number of carbonyl (C=O) groups excluding carboxylic acids is 1. The maximum absolute atomic E-state index is 13.8. The number of hydrogen-bond donors (Lipinski definition) is 1. The highest BCUT2D eigenvalue weighted by molar-refractivity contribution is 7.03. The molecule has 1 aliphatic heterocycles. The first-order valence-electron chi connectivity index (χ1n) is 7.58. The molecule has 1 N–H and O–H groups in total. The fourth-order valence-electron chi connectivity index (χ4n) is 2.88. The average Bonchev–Trinajstić information content (AvgIpc) is 3.19. The molecule has 23 heavy (non-hydrogen) atoms. The zero-order valence-electron chi connectivity index (χ0n) is 13.2. The molecule has 3 rings (SSSR count). The number of likely N-dealkylation sites (tertiary alicyclic amines) is 1. The Morgan fingerprint density at radius 2 is 2.39 bits per heavy atom. The number of nitrogens with one attached hydrogen (secondary N) is 1. The third-order valence-corrected chi connectivity index (χ3v) is 4.96. The van der Waals surface area contributed by atoms with Crippen LogP contribution in [0.1, 0.15) is 28.3 Å². The molecular weight excluding hydrogens is 317 g/mol. The summed E-state index contributed by atoms with van der Waals surface area (Å²) in [6.07, 6.45) is 3.19. The Bertz CT molecular complexity index is 685. The molecule has 3 heterocycles. The molecule has 1 saturated heterocycles. The van der Waals surface area contributed by atoms with Gasteiger partial charge in [0.05, 0.1) is 17.8 Å². The average molecular weight is 337 g/mol. The monoisotopic (exact) mass is 337 g/mol. The maximum atomic E-state index is 13.8. The summed E-state index contributed by atoms with van der Waals surface area (Å²) in [5.74, 6) is 0.754. The van der Waals surface area contributed by atoms with Gasteiger partial charge in [-0.2, -0.15) is 4.37 Å². The molecule has 2 atom stereocenters. The lowest BCUT2D eigenvalue weighted by molar-refractivity contribution is 0.0939. The van der Waals surface area contributed by atoms with Gasteiger partial charge in [-0.05, 0) is 24.9 Å². The molecular formula is C15H20FN5OS. The van der Waals surface area contributed by atoms with E-state index in [1.165, 1.54) is 11.5 Å². The normalized spacial score (nSPS) is 21.7. The lowest BCUT2D eigenvalue weighted by atomic mass is 10.2. The number of halogens is 1. The minimum absolute atomic E-state index is 0.0162. The highest BCUT2D eigenvalue weighted by Gasteiger charge is 2.33. The minimum atomic E-state index is -0.860. The first-order chi connectivity index (χ1) is 11.0. The van der Waals surface area contributed by atoms with Crippen LogP contribution < -0.4 is 5.32 Å². The number of alkyl halides is 1. The van der Waals surface area contributed by atoms with Gasteiger partial charge in [0.1, 0.15) is 12.0 Å². The van der Waals surface area contributed by atoms with E-state index in [-0.39, 0.29) is 11.9 Å². The van der Waals surface area contributed by atoms with Crippen molar-refractivity contribution < 1.29 is 9.18 Å². The summed E-state index contributed by atoms with van der Waals surface area (Å²) in [5.41, 5.74) is 1.33. The zero-order chi connectivity index (χ0) is 16.4. The third-order valence-electron chi connectivity index (χ3n) is 4.24. The van der Waals surface area contributed by atoms with Crippen LogP contribution in [0.15, 0.2) is 17.8 Å². The van der Waals surface area contributed by atoms with Crippen molar-refractivity contribution in [1.29, 1.82) is 0 Å². The molecule has 8 heteroatoms. The molecule has 0 bridgehead atoms. The zero-order valence-corrected chi connectivity index (χ0v) is 14.0. The van der Waals surface area contributed by atoms with Crippen LogP contribution in [0.25, 0.3) is 0 Å². The summed E-state index contributed by atoms with van der Waals surface area (Å²) in [5, 5.41) is 4.64. The quantitative estimate of drug-likeness (QED) is 0.899. The van der Waals surface area contributed by atoms with Crippen molar-refractivity contribution >= 4 is 17.4 Å². The van der Waals surface area contributed by atoms with Gasteiger partial charge in [0, 0.05) is 44.0 Å². The molecule has 6 nitrogen and oxygen atoms in total. The Morgan fingerprint density at radius 1 is 1.57 bits per heavy atom. The van der Waals surface area contributed by atoms with E-state index in [2.05, 4.69) is 14.7 Å². The number of nitrogens with zero attached hydrogens (tertiary/aromatic N) is 4. The molecule has 1 amide bonds. The number of hydrogen-bond acceptors (Lipinski definition) is 5. The Morgan fingerprint density at radius 3 is 3.04 bits per heavy atom. The molecule has 0 spiro atoms. The van der Waals surface area contributed by atoms with E-state index in [0.717, 1.165) is 11.5 Å². The van der Waals surface area contributed by atoms with Gasteiger partial charge >= 0.3 is 0 Å². The van der Waals surface area contributed by atoms with E-state index in [1.54, 1.807) is 11.6 Å². The van der Waals surface area contributed by atoms with Crippen LogP contribution in [-0.4, -0.2) is 50.0 Å². The van der Waals surface area contributed by atoms with Crippen molar-refractivity contribution in [3.63, 3.8) is 0 Å². The molecule has 124 valence electrons. The van der Waals surface area contributed by atoms with Crippen molar-refractivity contribution in [3.05, 3.63) is 34.9 Å². The molecule has 2 aromatic rings. The Hall–Kier alpha value is -1.80. The Kier molecular flexibility index (Phi) is 4.72. The molecule has 2 aromatic heterocycles. The molecule has 0 radical (unpaired) electrons. The number of imidazole rings is 1. The standard InChI is InChI=1S/C15H20FN5OS/c1-10-13(9-23-19-10)15(22)18-6-12-5-11(16)7-21(12)8-14-17-3-4-20(14)2/h3-4,9,11-12H,5-8H2,1-2H3,(H,18,22)/t11-,12-/m0/s1. The Balaban J connectivity index is 1.60. The van der Waals surface area contributed by atoms with Gasteiger partial charge in [-0.25, -0.2) is 9.37 Å². The molecule has 0 aromatic carbocycles. The van der Waals surface area contributed by atoms with Gasteiger partial charge in [-0.15, -0.1) is 0 Å². The second-order valence-corrected chi connectivity index (χ2v) is 6.52. The van der Waals surface area contributed by atoms with Crippen LogP contribution in [0.4, 0.5) is 4.39 Å². The van der Waals surface area contributed by atoms with Crippen molar-refractivity contribution in [2.24, 2.45) is 7.05 Å². The van der Waals surface area contributed by atoms with Gasteiger partial charge in [0.25, 0.3) is 5.91 Å². The Labute approximate surface area is 138 Å². The summed E-state index contributed by atoms with van der Waals surface area (Å²) >= 11 is 1.27. The van der Waals surface area contributed by atoms with Crippen molar-refractivity contribution in [2.45, 2.75) is 32.1 Å². The summed E-state index contributed by atoms with van der Waals surface area (Å²) in [6.45, 7) is 3.21. The van der Waals surface area contributed by atoms with Gasteiger partial charge in [0.15, 0.2) is 0 Å². The fourth-order valence-corrected chi connectivity index (χ4v) is 3.57. The predicted molar refractivity (Wildman–Crippen MR) is 86.1 cm³/mol. The SMILES string of the molecule is Cc1nscc1C(=O)NC[C@@H]1C[C@H](F)CN1Cc1nccn1C. The third kappa shape index (κ3) is 3.59. The van der Waals surface area contributed by atoms with E-state index >= 15 is 0 Å². The van der Waals surface area contributed by atoms with Crippen LogP contribution >= 0.6 is 11.5 Å². The van der Waals surface area contributed by atoms with Gasteiger partial charge in [-0.1, -0.05) is 0 Å². The lowest BCUT2D eigenvalue weighted by Gasteiger charge is -2.23. The largest absolute Gasteiger partial charge is 0.350 e. The smallest absolute Gasteiger partial charge is 0.254 e. The van der Waals surface area contributed by atoms with Crippen LogP contribution in [-0.2, 0) is 13.6 Å². The number of carbonyl (C=O) groups is 1. The molecule has 0 saturated carbocycles. The van der Waals surface area contributed by atoms with E-state index in [4.69, 9.17) is 0 Å². The second-order valence-electron chi connectivity index (χ2n) is 5.89.